The zero-order chi connectivity index (χ0) is 12.9. The average molecular weight is 286 g/mol. The van der Waals surface area contributed by atoms with Gasteiger partial charge in [0, 0.05) is 12.7 Å². The summed E-state index contributed by atoms with van der Waals surface area (Å²) in [5.74, 6) is -0.770. The fourth-order valence-corrected chi connectivity index (χ4v) is 4.34. The van der Waals surface area contributed by atoms with Crippen LogP contribution in [0.4, 0.5) is 0 Å². The van der Waals surface area contributed by atoms with Crippen LogP contribution >= 0.6 is 0 Å². The Kier molecular flexibility index (Phi) is 5.36. The van der Waals surface area contributed by atoms with Crippen LogP contribution in [0, 0.1) is 0 Å². The molecule has 0 aromatic heterocycles. The molecule has 0 spiro atoms. The van der Waals surface area contributed by atoms with Crippen molar-refractivity contribution in [3.63, 3.8) is 0 Å². The van der Waals surface area contributed by atoms with Crippen molar-refractivity contribution >= 4 is 19.7 Å². The lowest BCUT2D eigenvalue weighted by atomic mass is 10.4. The van der Waals surface area contributed by atoms with Gasteiger partial charge >= 0.3 is 0 Å². The normalized spacial score (nSPS) is 19.4. The number of ether oxygens (including phenoxy) is 2. The smallest absolute Gasteiger partial charge is 0.158 e. The molecule has 1 aliphatic rings. The molecule has 1 saturated heterocycles. The van der Waals surface area contributed by atoms with E-state index in [1.807, 2.05) is 0 Å². The van der Waals surface area contributed by atoms with Gasteiger partial charge in [0.15, 0.2) is 16.1 Å². The van der Waals surface area contributed by atoms with Gasteiger partial charge in [0.1, 0.15) is 9.84 Å². The van der Waals surface area contributed by atoms with Crippen molar-refractivity contribution in [1.82, 2.24) is 0 Å². The topological polar surface area (TPSA) is 86.7 Å². The lowest BCUT2D eigenvalue weighted by molar-refractivity contribution is -0.178. The second kappa shape index (κ2) is 6.12. The molecule has 8 heteroatoms. The van der Waals surface area contributed by atoms with Gasteiger partial charge in [-0.1, -0.05) is 0 Å². The maximum absolute atomic E-state index is 11.5. The first kappa shape index (κ1) is 14.9. The first-order chi connectivity index (χ1) is 7.79. The van der Waals surface area contributed by atoms with Crippen molar-refractivity contribution in [2.24, 2.45) is 0 Å². The van der Waals surface area contributed by atoms with E-state index in [-0.39, 0.29) is 23.7 Å². The summed E-state index contributed by atoms with van der Waals surface area (Å²) in [4.78, 5) is 0. The van der Waals surface area contributed by atoms with Gasteiger partial charge in [0.2, 0.25) is 0 Å². The van der Waals surface area contributed by atoms with Crippen LogP contribution in [0.3, 0.4) is 0 Å². The SMILES string of the molecule is CS(=O)(=O)CCS(=O)(=O)CCC1OCCCO1. The monoisotopic (exact) mass is 286 g/mol. The molecule has 1 heterocycles. The maximum Gasteiger partial charge on any atom is 0.158 e. The van der Waals surface area contributed by atoms with E-state index in [0.29, 0.717) is 13.2 Å². The first-order valence-electron chi connectivity index (χ1n) is 5.40. The summed E-state index contributed by atoms with van der Waals surface area (Å²) in [6.45, 7) is 1.15. The van der Waals surface area contributed by atoms with Gasteiger partial charge in [-0.2, -0.15) is 0 Å². The number of rotatable bonds is 6. The van der Waals surface area contributed by atoms with Gasteiger partial charge in [-0.15, -0.1) is 0 Å². The van der Waals surface area contributed by atoms with E-state index in [9.17, 15) is 16.8 Å². The van der Waals surface area contributed by atoms with E-state index in [2.05, 4.69) is 0 Å². The molecule has 1 rings (SSSR count). The summed E-state index contributed by atoms with van der Waals surface area (Å²) < 4.78 is 55.3. The Bertz CT molecular complexity index is 418. The van der Waals surface area contributed by atoms with Crippen LogP contribution in [0.2, 0.25) is 0 Å². The molecule has 0 atom stereocenters. The second-order valence-corrected chi connectivity index (χ2v) is 8.66. The number of hydrogen-bond acceptors (Lipinski definition) is 6. The van der Waals surface area contributed by atoms with Crippen LogP contribution in [0.5, 0.6) is 0 Å². The molecule has 0 radical (unpaired) electrons. The summed E-state index contributed by atoms with van der Waals surface area (Å²) in [7, 11) is -6.60. The highest BCUT2D eigenvalue weighted by atomic mass is 32.2. The minimum Gasteiger partial charge on any atom is -0.353 e. The highest BCUT2D eigenvalue weighted by Crippen LogP contribution is 2.10. The Morgan fingerprint density at radius 2 is 1.59 bits per heavy atom. The Morgan fingerprint density at radius 1 is 1.00 bits per heavy atom. The molecule has 0 aliphatic carbocycles. The Morgan fingerprint density at radius 3 is 2.12 bits per heavy atom. The third kappa shape index (κ3) is 6.97. The lowest BCUT2D eigenvalue weighted by Crippen LogP contribution is -2.28. The number of sulfone groups is 2. The summed E-state index contributed by atoms with van der Waals surface area (Å²) in [6.07, 6.45) is 1.62. The molecular formula is C9H18O6S2. The van der Waals surface area contributed by atoms with E-state index in [4.69, 9.17) is 9.47 Å². The van der Waals surface area contributed by atoms with Crippen LogP contribution in [-0.4, -0.2) is 59.9 Å². The van der Waals surface area contributed by atoms with E-state index < -0.39 is 26.0 Å². The molecule has 0 amide bonds. The Balaban J connectivity index is 2.33. The highest BCUT2D eigenvalue weighted by molar-refractivity contribution is 7.94. The third-order valence-electron chi connectivity index (χ3n) is 2.33. The van der Waals surface area contributed by atoms with Crippen LogP contribution in [-0.2, 0) is 29.1 Å². The Hall–Kier alpha value is -0.180. The van der Waals surface area contributed by atoms with Crippen molar-refractivity contribution in [3.05, 3.63) is 0 Å². The van der Waals surface area contributed by atoms with Gasteiger partial charge in [-0.25, -0.2) is 16.8 Å². The average Bonchev–Trinajstić information content (AvgIpc) is 2.25. The Labute approximate surface area is 102 Å². The molecule has 1 aliphatic heterocycles. The van der Waals surface area contributed by atoms with Crippen molar-refractivity contribution in [3.8, 4) is 0 Å². The number of hydrogen-bond donors (Lipinski definition) is 0. The van der Waals surface area contributed by atoms with Crippen molar-refractivity contribution < 1.29 is 26.3 Å². The fraction of sp³-hybridized carbons (Fsp3) is 1.00. The van der Waals surface area contributed by atoms with E-state index in [0.717, 1.165) is 12.7 Å². The van der Waals surface area contributed by atoms with Gasteiger partial charge in [-0.3, -0.25) is 0 Å². The van der Waals surface area contributed by atoms with Crippen LogP contribution in [0.15, 0.2) is 0 Å². The molecule has 102 valence electrons. The van der Waals surface area contributed by atoms with Gasteiger partial charge in [0.25, 0.3) is 0 Å². The van der Waals surface area contributed by atoms with Gasteiger partial charge < -0.3 is 9.47 Å². The second-order valence-electron chi connectivity index (χ2n) is 4.10. The summed E-state index contributed by atoms with van der Waals surface area (Å²) in [5.41, 5.74) is 0. The molecule has 0 saturated carbocycles. The summed E-state index contributed by atoms with van der Waals surface area (Å²) >= 11 is 0. The maximum atomic E-state index is 11.5. The van der Waals surface area contributed by atoms with E-state index in [1.165, 1.54) is 0 Å². The first-order valence-corrected chi connectivity index (χ1v) is 9.28. The van der Waals surface area contributed by atoms with Gasteiger partial charge in [-0.05, 0) is 6.42 Å². The van der Waals surface area contributed by atoms with E-state index in [1.54, 1.807) is 0 Å². The van der Waals surface area contributed by atoms with Crippen molar-refractivity contribution in [2.45, 2.75) is 19.1 Å². The zero-order valence-electron chi connectivity index (χ0n) is 9.79. The van der Waals surface area contributed by atoms with Crippen molar-refractivity contribution in [1.29, 1.82) is 0 Å². The lowest BCUT2D eigenvalue weighted by Gasteiger charge is -2.22. The largest absolute Gasteiger partial charge is 0.353 e. The standard InChI is InChI=1S/C9H18O6S2/c1-16(10,11)7-8-17(12,13)6-3-9-14-4-2-5-15-9/h9H,2-8H2,1H3. The highest BCUT2D eigenvalue weighted by Gasteiger charge is 2.20. The molecule has 6 nitrogen and oxygen atoms in total. The summed E-state index contributed by atoms with van der Waals surface area (Å²) in [6, 6.07) is 0. The minimum absolute atomic E-state index is 0.104. The molecule has 0 bridgehead atoms. The molecule has 0 unspecified atom stereocenters. The van der Waals surface area contributed by atoms with Gasteiger partial charge in [0.05, 0.1) is 30.5 Å². The predicted octanol–water partition coefficient (Wildman–Crippen LogP) is -0.401. The van der Waals surface area contributed by atoms with Crippen LogP contribution < -0.4 is 0 Å². The molecular weight excluding hydrogens is 268 g/mol. The third-order valence-corrected chi connectivity index (χ3v) is 5.21. The van der Waals surface area contributed by atoms with Crippen LogP contribution in [0.25, 0.3) is 0 Å². The van der Waals surface area contributed by atoms with Crippen molar-refractivity contribution in [2.75, 3.05) is 36.7 Å². The molecule has 1 fully saturated rings. The molecule has 17 heavy (non-hydrogen) atoms. The molecule has 0 aromatic carbocycles. The quantitative estimate of drug-likeness (QED) is 0.660. The molecule has 0 N–H and O–H groups in total. The minimum atomic E-state index is -3.35. The van der Waals surface area contributed by atoms with E-state index >= 15 is 0 Å². The predicted molar refractivity (Wildman–Crippen MR) is 63.3 cm³/mol. The summed E-state index contributed by atoms with van der Waals surface area (Å²) in [5, 5.41) is 0. The van der Waals surface area contributed by atoms with Crippen LogP contribution in [0.1, 0.15) is 12.8 Å². The zero-order valence-corrected chi connectivity index (χ0v) is 11.4. The molecule has 0 aromatic rings. The fourth-order valence-electron chi connectivity index (χ4n) is 1.36.